The number of carbonyl (C=O) groups is 1. The van der Waals surface area contributed by atoms with Crippen LogP contribution >= 0.6 is 0 Å². The van der Waals surface area contributed by atoms with Gasteiger partial charge in [-0.1, -0.05) is 30.4 Å². The van der Waals surface area contributed by atoms with E-state index in [1.807, 2.05) is 18.5 Å². The molecule has 256 valence electrons. The predicted molar refractivity (Wildman–Crippen MR) is 184 cm³/mol. The van der Waals surface area contributed by atoms with Crippen molar-refractivity contribution in [2.24, 2.45) is 11.8 Å². The summed E-state index contributed by atoms with van der Waals surface area (Å²) in [6.07, 6.45) is 15.2. The number of nitrogens with one attached hydrogen (secondary N) is 2. The topological polar surface area (TPSA) is 79.4 Å². The quantitative estimate of drug-likeness (QED) is 0.244. The lowest BCUT2D eigenvalue weighted by Crippen LogP contribution is -2.43. The Kier molecular flexibility index (Phi) is 9.69. The summed E-state index contributed by atoms with van der Waals surface area (Å²) in [6.45, 7) is 5.72. The largest absolute Gasteiger partial charge is 0.384 e. The molecule has 1 amide bonds. The van der Waals surface area contributed by atoms with Crippen LogP contribution in [0.4, 0.5) is 19.0 Å². The number of allylic oxidation sites excluding steroid dienone is 3. The molecule has 2 aliphatic heterocycles. The van der Waals surface area contributed by atoms with Crippen LogP contribution in [-0.4, -0.2) is 59.2 Å². The van der Waals surface area contributed by atoms with Gasteiger partial charge in [0.1, 0.15) is 11.6 Å². The maximum atomic E-state index is 15.3. The van der Waals surface area contributed by atoms with E-state index in [2.05, 4.69) is 62.8 Å². The lowest BCUT2D eigenvalue weighted by atomic mass is 9.86. The number of nitrogens with zero attached hydrogens (tertiary/aromatic N) is 3. The minimum atomic E-state index is -2.95. The van der Waals surface area contributed by atoms with E-state index in [9.17, 15) is 13.6 Å². The van der Waals surface area contributed by atoms with Crippen LogP contribution in [0.25, 0.3) is 11.1 Å². The average molecular weight is 670 g/mol. The normalized spacial score (nSPS) is 21.9. The van der Waals surface area contributed by atoms with Gasteiger partial charge < -0.3 is 15.4 Å². The number of anilines is 1. The van der Waals surface area contributed by atoms with Crippen molar-refractivity contribution in [2.45, 2.75) is 63.5 Å². The number of fused-ring (bicyclic) bond motifs is 1. The molecule has 3 aromatic rings. The van der Waals surface area contributed by atoms with E-state index in [-0.39, 0.29) is 29.4 Å². The van der Waals surface area contributed by atoms with Crippen LogP contribution in [0.5, 0.6) is 0 Å². The molecule has 2 aromatic heterocycles. The van der Waals surface area contributed by atoms with E-state index in [1.54, 1.807) is 6.07 Å². The Hall–Kier alpha value is -4.28. The molecule has 2 fully saturated rings. The zero-order valence-electron chi connectivity index (χ0n) is 27.7. The molecule has 3 unspecified atom stereocenters. The number of aromatic nitrogens is 2. The van der Waals surface area contributed by atoms with E-state index in [1.165, 1.54) is 24.4 Å². The number of carbonyl (C=O) groups excluding carboxylic acids is 1. The number of alkyl halides is 2. The van der Waals surface area contributed by atoms with Crippen LogP contribution in [0.15, 0.2) is 79.3 Å². The molecular weight excluding hydrogens is 627 g/mol. The number of benzene rings is 1. The van der Waals surface area contributed by atoms with Gasteiger partial charge in [0.05, 0.1) is 25.7 Å². The van der Waals surface area contributed by atoms with Crippen molar-refractivity contribution in [1.29, 1.82) is 0 Å². The Balaban J connectivity index is 0.979. The first-order chi connectivity index (χ1) is 23.7. The molecule has 1 aromatic carbocycles. The van der Waals surface area contributed by atoms with Crippen molar-refractivity contribution in [1.82, 2.24) is 20.2 Å². The molecule has 3 atom stereocenters. The number of ether oxygens (including phenoxy) is 1. The van der Waals surface area contributed by atoms with Crippen molar-refractivity contribution >= 4 is 22.9 Å². The molecule has 1 saturated carbocycles. The minimum absolute atomic E-state index is 0.0324. The number of pyridine rings is 2. The molecule has 4 heterocycles. The standard InChI is InChI=1S/C39H42F3N5O2/c1-25(47-14-16-49-17-15-47)18-34-19-29(10-12-43-34)28-4-2-26-3-7-31(24-45-36(26)21-28)27-5-6-30(35(40)20-27)22-38(48)46-37-23-33(11-13-44-37)39(41,42)32-8-9-32/h2,4-6,10-13,19-21,23-26,32,36,45H,3,7-9,14-18,22H2,1H3,(H,44,46,48). The number of halogens is 3. The Labute approximate surface area is 285 Å². The van der Waals surface area contributed by atoms with Crippen molar-refractivity contribution in [3.63, 3.8) is 0 Å². The van der Waals surface area contributed by atoms with Gasteiger partial charge in [-0.2, -0.15) is 0 Å². The van der Waals surface area contributed by atoms with E-state index in [4.69, 9.17) is 4.74 Å². The zero-order chi connectivity index (χ0) is 34.0. The first-order valence-corrected chi connectivity index (χ1v) is 17.3. The predicted octanol–water partition coefficient (Wildman–Crippen LogP) is 6.92. The molecule has 0 radical (unpaired) electrons. The third-order valence-electron chi connectivity index (χ3n) is 10.1. The molecule has 7 rings (SSSR count). The Morgan fingerprint density at radius 3 is 2.67 bits per heavy atom. The van der Waals surface area contributed by atoms with Gasteiger partial charge in [-0.15, -0.1) is 0 Å². The fraction of sp³-hybridized carbons (Fsp3) is 0.410. The zero-order valence-corrected chi connectivity index (χ0v) is 27.7. The average Bonchev–Trinajstić information content (AvgIpc) is 3.98. The number of amides is 1. The highest BCUT2D eigenvalue weighted by atomic mass is 19.3. The number of hydrogen-bond donors (Lipinski definition) is 2. The third kappa shape index (κ3) is 7.81. The highest BCUT2D eigenvalue weighted by Gasteiger charge is 2.48. The van der Waals surface area contributed by atoms with Crippen LogP contribution in [0.3, 0.4) is 0 Å². The molecule has 0 spiro atoms. The van der Waals surface area contributed by atoms with Crippen LogP contribution in [-0.2, 0) is 28.3 Å². The second-order valence-corrected chi connectivity index (χ2v) is 13.6. The summed E-state index contributed by atoms with van der Waals surface area (Å²) in [6, 6.07) is 12.1. The number of hydrogen-bond acceptors (Lipinski definition) is 6. The minimum Gasteiger partial charge on any atom is -0.384 e. The second kappa shape index (κ2) is 14.3. The van der Waals surface area contributed by atoms with Gasteiger partial charge in [-0.25, -0.2) is 18.2 Å². The molecule has 10 heteroatoms. The lowest BCUT2D eigenvalue weighted by Gasteiger charge is -2.32. The fourth-order valence-corrected chi connectivity index (χ4v) is 7.04. The van der Waals surface area contributed by atoms with Crippen LogP contribution in [0.2, 0.25) is 0 Å². The van der Waals surface area contributed by atoms with Gasteiger partial charge in [0.25, 0.3) is 5.92 Å². The summed E-state index contributed by atoms with van der Waals surface area (Å²) in [7, 11) is 0. The van der Waals surface area contributed by atoms with Gasteiger partial charge in [-0.05, 0) is 90.8 Å². The molecule has 2 aliphatic carbocycles. The molecule has 1 saturated heterocycles. The van der Waals surface area contributed by atoms with Crippen LogP contribution in [0.1, 0.15) is 60.6 Å². The van der Waals surface area contributed by atoms with E-state index in [0.717, 1.165) is 73.5 Å². The Morgan fingerprint density at radius 1 is 1.06 bits per heavy atom. The smallest absolute Gasteiger partial charge is 0.276 e. The van der Waals surface area contributed by atoms with Gasteiger partial charge in [0, 0.05) is 67.2 Å². The molecule has 4 aliphatic rings. The van der Waals surface area contributed by atoms with E-state index < -0.39 is 23.6 Å². The lowest BCUT2D eigenvalue weighted by molar-refractivity contribution is -0.115. The number of rotatable bonds is 10. The summed E-state index contributed by atoms with van der Waals surface area (Å²) in [5.74, 6) is -4.30. The van der Waals surface area contributed by atoms with E-state index >= 15 is 4.39 Å². The van der Waals surface area contributed by atoms with Gasteiger partial charge >= 0.3 is 0 Å². The van der Waals surface area contributed by atoms with Crippen LogP contribution < -0.4 is 10.6 Å². The Bertz CT molecular complexity index is 1780. The van der Waals surface area contributed by atoms with Crippen LogP contribution in [0, 0.1) is 17.7 Å². The van der Waals surface area contributed by atoms with Crippen molar-refractivity contribution in [3.05, 3.63) is 113 Å². The molecule has 0 bridgehead atoms. The van der Waals surface area contributed by atoms with E-state index in [0.29, 0.717) is 24.8 Å². The van der Waals surface area contributed by atoms with Crippen molar-refractivity contribution in [2.75, 3.05) is 31.6 Å². The summed E-state index contributed by atoms with van der Waals surface area (Å²) in [5.41, 5.74) is 5.18. The SMILES string of the molecule is CC(Cc1cc(C2=CC3NC=C(c4ccc(CC(=O)Nc5cc(C(F)(F)C6CC6)ccn5)c(F)c4)CCC3C=C2)ccn1)N1CCOCC1. The maximum absolute atomic E-state index is 15.3. The highest BCUT2D eigenvalue weighted by Crippen LogP contribution is 2.49. The third-order valence-corrected chi connectivity index (χ3v) is 10.1. The molecule has 49 heavy (non-hydrogen) atoms. The summed E-state index contributed by atoms with van der Waals surface area (Å²) in [4.78, 5) is 23.9. The molecule has 7 nitrogen and oxygen atoms in total. The van der Waals surface area contributed by atoms with Crippen molar-refractivity contribution < 1.29 is 22.7 Å². The summed E-state index contributed by atoms with van der Waals surface area (Å²) in [5, 5.41) is 6.12. The van der Waals surface area contributed by atoms with Gasteiger partial charge in [0.15, 0.2) is 0 Å². The highest BCUT2D eigenvalue weighted by molar-refractivity contribution is 5.91. The monoisotopic (exact) mass is 669 g/mol. The second-order valence-electron chi connectivity index (χ2n) is 13.6. The maximum Gasteiger partial charge on any atom is 0.276 e. The number of morpholine rings is 1. The first-order valence-electron chi connectivity index (χ1n) is 17.3. The van der Waals surface area contributed by atoms with Gasteiger partial charge in [0.2, 0.25) is 5.91 Å². The summed E-state index contributed by atoms with van der Waals surface area (Å²) < 4.78 is 49.9. The van der Waals surface area contributed by atoms with Crippen molar-refractivity contribution in [3.8, 4) is 0 Å². The molecular formula is C39H42F3N5O2. The fourth-order valence-electron chi connectivity index (χ4n) is 7.04. The molecule has 2 N–H and O–H groups in total. The summed E-state index contributed by atoms with van der Waals surface area (Å²) >= 11 is 0. The van der Waals surface area contributed by atoms with Gasteiger partial charge in [-0.3, -0.25) is 14.7 Å². The first kappa shape index (κ1) is 33.2. The Morgan fingerprint density at radius 2 is 1.88 bits per heavy atom.